The van der Waals surface area contributed by atoms with E-state index in [0.29, 0.717) is 6.04 Å². The van der Waals surface area contributed by atoms with Crippen molar-refractivity contribution in [2.24, 2.45) is 0 Å². The van der Waals surface area contributed by atoms with E-state index in [-0.39, 0.29) is 0 Å². The van der Waals surface area contributed by atoms with Crippen molar-refractivity contribution in [2.75, 3.05) is 33.3 Å². The maximum absolute atomic E-state index is 5.16. The van der Waals surface area contributed by atoms with Crippen molar-refractivity contribution in [1.82, 2.24) is 10.2 Å². The zero-order valence-corrected chi connectivity index (χ0v) is 10.8. The van der Waals surface area contributed by atoms with Crippen molar-refractivity contribution >= 4 is 0 Å². The van der Waals surface area contributed by atoms with E-state index in [1.54, 1.807) is 7.11 Å². The molecule has 1 atom stereocenters. The van der Waals surface area contributed by atoms with Crippen molar-refractivity contribution in [3.63, 3.8) is 0 Å². The number of piperazine rings is 1. The van der Waals surface area contributed by atoms with Gasteiger partial charge in [0.2, 0.25) is 0 Å². The minimum atomic E-state index is 0.625. The number of benzene rings is 1. The lowest BCUT2D eigenvalue weighted by Gasteiger charge is -2.31. The van der Waals surface area contributed by atoms with Crippen LogP contribution in [0.4, 0.5) is 0 Å². The first kappa shape index (κ1) is 12.4. The molecule has 1 N–H and O–H groups in total. The zero-order chi connectivity index (χ0) is 12.1. The summed E-state index contributed by atoms with van der Waals surface area (Å²) in [7, 11) is 1.71. The Morgan fingerprint density at radius 2 is 2.12 bits per heavy atom. The summed E-state index contributed by atoms with van der Waals surface area (Å²) in [4.78, 5) is 2.53. The van der Waals surface area contributed by atoms with Gasteiger partial charge in [0.1, 0.15) is 5.75 Å². The topological polar surface area (TPSA) is 24.5 Å². The van der Waals surface area contributed by atoms with Crippen molar-refractivity contribution in [3.8, 4) is 5.75 Å². The standard InChI is InChI=1S/C14H22N2O/c1-12-11-16(10-8-15-12)9-7-13-3-5-14(17-2)6-4-13/h3-6,12,15H,7-11H2,1-2H3/t12-/m0/s1. The van der Waals surface area contributed by atoms with Gasteiger partial charge in [-0.2, -0.15) is 0 Å². The highest BCUT2D eigenvalue weighted by atomic mass is 16.5. The van der Waals surface area contributed by atoms with Gasteiger partial charge in [0, 0.05) is 32.2 Å². The van der Waals surface area contributed by atoms with Gasteiger partial charge in [0.05, 0.1) is 7.11 Å². The molecule has 94 valence electrons. The molecule has 0 aromatic heterocycles. The minimum absolute atomic E-state index is 0.625. The fourth-order valence-corrected chi connectivity index (χ4v) is 2.29. The molecule has 1 heterocycles. The highest BCUT2D eigenvalue weighted by Crippen LogP contribution is 2.12. The van der Waals surface area contributed by atoms with Crippen molar-refractivity contribution in [2.45, 2.75) is 19.4 Å². The van der Waals surface area contributed by atoms with Gasteiger partial charge in [0.15, 0.2) is 0 Å². The van der Waals surface area contributed by atoms with Gasteiger partial charge in [0.25, 0.3) is 0 Å². The molecule has 0 radical (unpaired) electrons. The first-order valence-electron chi connectivity index (χ1n) is 6.36. The molecule has 0 amide bonds. The van der Waals surface area contributed by atoms with Crippen LogP contribution in [-0.2, 0) is 6.42 Å². The van der Waals surface area contributed by atoms with Crippen LogP contribution >= 0.6 is 0 Å². The van der Waals surface area contributed by atoms with Crippen LogP contribution in [0.25, 0.3) is 0 Å². The molecular weight excluding hydrogens is 212 g/mol. The number of nitrogens with zero attached hydrogens (tertiary/aromatic N) is 1. The third-order valence-electron chi connectivity index (χ3n) is 3.33. The van der Waals surface area contributed by atoms with Gasteiger partial charge in [-0.3, -0.25) is 0 Å². The predicted molar refractivity (Wildman–Crippen MR) is 70.6 cm³/mol. The van der Waals surface area contributed by atoms with Gasteiger partial charge in [-0.25, -0.2) is 0 Å². The fourth-order valence-electron chi connectivity index (χ4n) is 2.29. The van der Waals surface area contributed by atoms with E-state index in [2.05, 4.69) is 29.3 Å². The van der Waals surface area contributed by atoms with Crippen LogP contribution in [0.3, 0.4) is 0 Å². The summed E-state index contributed by atoms with van der Waals surface area (Å²) in [5.41, 5.74) is 1.39. The van der Waals surface area contributed by atoms with E-state index in [0.717, 1.165) is 31.8 Å². The van der Waals surface area contributed by atoms with E-state index in [4.69, 9.17) is 4.74 Å². The quantitative estimate of drug-likeness (QED) is 0.855. The smallest absolute Gasteiger partial charge is 0.118 e. The second kappa shape index (κ2) is 6.03. The molecule has 1 aliphatic heterocycles. The van der Waals surface area contributed by atoms with Crippen molar-refractivity contribution in [1.29, 1.82) is 0 Å². The van der Waals surface area contributed by atoms with E-state index >= 15 is 0 Å². The maximum atomic E-state index is 5.16. The Balaban J connectivity index is 1.80. The lowest BCUT2D eigenvalue weighted by atomic mass is 10.1. The third kappa shape index (κ3) is 3.72. The van der Waals surface area contributed by atoms with Crippen LogP contribution in [0, 0.1) is 0 Å². The van der Waals surface area contributed by atoms with Crippen LogP contribution in [0.2, 0.25) is 0 Å². The van der Waals surface area contributed by atoms with Crippen LogP contribution in [0.15, 0.2) is 24.3 Å². The van der Waals surface area contributed by atoms with Gasteiger partial charge >= 0.3 is 0 Å². The molecule has 0 bridgehead atoms. The van der Waals surface area contributed by atoms with Gasteiger partial charge in [-0.15, -0.1) is 0 Å². The molecule has 17 heavy (non-hydrogen) atoms. The number of methoxy groups -OCH3 is 1. The van der Waals surface area contributed by atoms with Crippen molar-refractivity contribution < 1.29 is 4.74 Å². The molecule has 0 aliphatic carbocycles. The first-order valence-corrected chi connectivity index (χ1v) is 6.36. The summed E-state index contributed by atoms with van der Waals surface area (Å²) in [6.07, 6.45) is 1.12. The predicted octanol–water partition coefficient (Wildman–Crippen LogP) is 1.53. The summed E-state index contributed by atoms with van der Waals surface area (Å²) < 4.78 is 5.16. The number of rotatable bonds is 4. The first-order chi connectivity index (χ1) is 8.28. The molecule has 0 unspecified atom stereocenters. The Kier molecular flexibility index (Phi) is 4.40. The average molecular weight is 234 g/mol. The molecular formula is C14H22N2O. The zero-order valence-electron chi connectivity index (χ0n) is 10.8. The highest BCUT2D eigenvalue weighted by molar-refractivity contribution is 5.27. The molecule has 3 heteroatoms. The Morgan fingerprint density at radius 3 is 2.76 bits per heavy atom. The summed E-state index contributed by atoms with van der Waals surface area (Å²) in [5, 5.41) is 3.47. The van der Waals surface area contributed by atoms with Gasteiger partial charge in [-0.1, -0.05) is 12.1 Å². The second-order valence-electron chi connectivity index (χ2n) is 4.75. The molecule has 1 saturated heterocycles. The molecule has 2 rings (SSSR count). The lowest BCUT2D eigenvalue weighted by Crippen LogP contribution is -2.49. The molecule has 0 saturated carbocycles. The Hall–Kier alpha value is -1.06. The van der Waals surface area contributed by atoms with Crippen LogP contribution in [0.5, 0.6) is 5.75 Å². The highest BCUT2D eigenvalue weighted by Gasteiger charge is 2.14. The Bertz CT molecular complexity index is 337. The molecule has 1 aromatic rings. The monoisotopic (exact) mass is 234 g/mol. The number of ether oxygens (including phenoxy) is 1. The minimum Gasteiger partial charge on any atom is -0.497 e. The van der Waals surface area contributed by atoms with E-state index in [1.165, 1.54) is 12.1 Å². The summed E-state index contributed by atoms with van der Waals surface area (Å²) in [6, 6.07) is 9.01. The molecule has 1 aliphatic rings. The van der Waals surface area contributed by atoms with Crippen LogP contribution in [-0.4, -0.2) is 44.2 Å². The molecule has 0 spiro atoms. The summed E-state index contributed by atoms with van der Waals surface area (Å²) >= 11 is 0. The molecule has 1 aromatic carbocycles. The largest absolute Gasteiger partial charge is 0.497 e. The average Bonchev–Trinajstić information content (AvgIpc) is 2.37. The Morgan fingerprint density at radius 1 is 1.35 bits per heavy atom. The van der Waals surface area contributed by atoms with Crippen LogP contribution < -0.4 is 10.1 Å². The maximum Gasteiger partial charge on any atom is 0.118 e. The van der Waals surface area contributed by atoms with Gasteiger partial charge in [-0.05, 0) is 31.0 Å². The lowest BCUT2D eigenvalue weighted by molar-refractivity contribution is 0.209. The second-order valence-corrected chi connectivity index (χ2v) is 4.75. The number of nitrogens with one attached hydrogen (secondary N) is 1. The van der Waals surface area contributed by atoms with E-state index in [9.17, 15) is 0 Å². The normalized spacial score (nSPS) is 21.4. The summed E-state index contributed by atoms with van der Waals surface area (Å²) in [5.74, 6) is 0.935. The third-order valence-corrected chi connectivity index (χ3v) is 3.33. The SMILES string of the molecule is COc1ccc(CCN2CCN[C@@H](C)C2)cc1. The Labute approximate surface area is 104 Å². The molecule has 3 nitrogen and oxygen atoms in total. The van der Waals surface area contributed by atoms with Crippen LogP contribution in [0.1, 0.15) is 12.5 Å². The number of hydrogen-bond acceptors (Lipinski definition) is 3. The van der Waals surface area contributed by atoms with E-state index in [1.807, 2.05) is 12.1 Å². The fraction of sp³-hybridized carbons (Fsp3) is 0.571. The van der Waals surface area contributed by atoms with Crippen molar-refractivity contribution in [3.05, 3.63) is 29.8 Å². The number of hydrogen-bond donors (Lipinski definition) is 1. The van der Waals surface area contributed by atoms with E-state index < -0.39 is 0 Å². The summed E-state index contributed by atoms with van der Waals surface area (Å²) in [6.45, 7) is 6.85. The molecule has 1 fully saturated rings. The van der Waals surface area contributed by atoms with Gasteiger partial charge < -0.3 is 15.0 Å².